The fourth-order valence-corrected chi connectivity index (χ4v) is 4.24. The molecule has 0 aliphatic heterocycles. The molecule has 3 aromatic rings. The van der Waals surface area contributed by atoms with Crippen molar-refractivity contribution in [2.24, 2.45) is 0 Å². The lowest BCUT2D eigenvalue weighted by Crippen LogP contribution is -2.45. The van der Waals surface area contributed by atoms with Crippen molar-refractivity contribution in [1.82, 2.24) is 19.3 Å². The molecular weight excluding hydrogens is 386 g/mol. The minimum atomic E-state index is -0.604. The zero-order valence-electron chi connectivity index (χ0n) is 17.1. The molecule has 0 spiro atoms. The number of benzene rings is 1. The van der Waals surface area contributed by atoms with E-state index in [1.165, 1.54) is 15.2 Å². The molecule has 0 saturated heterocycles. The van der Waals surface area contributed by atoms with Crippen LogP contribution in [0.1, 0.15) is 37.3 Å². The highest BCUT2D eigenvalue weighted by Gasteiger charge is 2.27. The van der Waals surface area contributed by atoms with Gasteiger partial charge < -0.3 is 9.88 Å². The normalized spacial score (nSPS) is 19.2. The molecule has 0 atom stereocenters. The van der Waals surface area contributed by atoms with Gasteiger partial charge in [0.25, 0.3) is 5.56 Å². The number of aromatic nitrogens is 3. The van der Waals surface area contributed by atoms with Crippen molar-refractivity contribution in [3.63, 3.8) is 0 Å². The van der Waals surface area contributed by atoms with E-state index in [0.29, 0.717) is 26.1 Å². The molecule has 7 nitrogen and oxygen atoms in total. The number of hydrogen-bond donors (Lipinski definition) is 1. The second kappa shape index (κ2) is 8.53. The minimum absolute atomic E-state index is 0.107. The Kier molecular flexibility index (Phi) is 5.83. The molecule has 2 aromatic heterocycles. The number of hydrogen-bond acceptors (Lipinski definition) is 5. The third-order valence-corrected chi connectivity index (χ3v) is 5.73. The SMILES string of the molecule is COBN[C@H]1CC[C@@H](n2c(=O)c3cc(F)cnc3n(-c3cccc(C)c3)c2=O)CC1. The van der Waals surface area contributed by atoms with Gasteiger partial charge in [0.15, 0.2) is 5.65 Å². The number of aryl methyl sites for hydroxylation is 1. The summed E-state index contributed by atoms with van der Waals surface area (Å²) in [5.41, 5.74) is 0.818. The van der Waals surface area contributed by atoms with Gasteiger partial charge >= 0.3 is 13.3 Å². The average Bonchev–Trinajstić information content (AvgIpc) is 2.74. The molecule has 1 saturated carbocycles. The van der Waals surface area contributed by atoms with Crippen LogP contribution in [0, 0.1) is 12.7 Å². The molecule has 0 amide bonds. The summed E-state index contributed by atoms with van der Waals surface area (Å²) < 4.78 is 21.7. The van der Waals surface area contributed by atoms with Crippen LogP contribution in [0.25, 0.3) is 16.7 Å². The summed E-state index contributed by atoms with van der Waals surface area (Å²) in [6.45, 7) is 1.92. The van der Waals surface area contributed by atoms with E-state index in [1.54, 1.807) is 13.2 Å². The Balaban J connectivity index is 1.85. The van der Waals surface area contributed by atoms with Crippen LogP contribution < -0.4 is 16.5 Å². The smallest absolute Gasteiger partial charge is 0.360 e. The molecule has 0 bridgehead atoms. The lowest BCUT2D eigenvalue weighted by atomic mass is 9.89. The summed E-state index contributed by atoms with van der Waals surface area (Å²) in [5, 5.41) is 3.41. The molecule has 0 radical (unpaired) electrons. The first kappa shape index (κ1) is 20.5. The standard InChI is InChI=1S/C21H24BFN4O3/c1-13-4-3-5-17(10-13)26-19-18(11-14(23)12-24-19)20(28)27(21(26)29)16-8-6-15(7-9-16)25-22-30-2/h3-5,10-12,15-16,22,25H,6-9H2,1-2H3/t15-,16+. The van der Waals surface area contributed by atoms with Gasteiger partial charge in [0, 0.05) is 13.2 Å². The molecule has 2 heterocycles. The van der Waals surface area contributed by atoms with Gasteiger partial charge in [0.1, 0.15) is 5.82 Å². The Morgan fingerprint density at radius 3 is 2.67 bits per heavy atom. The van der Waals surface area contributed by atoms with Crippen LogP contribution >= 0.6 is 0 Å². The Morgan fingerprint density at radius 1 is 1.20 bits per heavy atom. The van der Waals surface area contributed by atoms with Gasteiger partial charge in [0.2, 0.25) is 0 Å². The van der Waals surface area contributed by atoms with Gasteiger partial charge in [-0.15, -0.1) is 0 Å². The van der Waals surface area contributed by atoms with Crippen LogP contribution in [0.3, 0.4) is 0 Å². The van der Waals surface area contributed by atoms with E-state index >= 15 is 0 Å². The number of nitrogens with zero attached hydrogens (tertiary/aromatic N) is 3. The van der Waals surface area contributed by atoms with Gasteiger partial charge in [-0.3, -0.25) is 9.36 Å². The Morgan fingerprint density at radius 2 is 1.97 bits per heavy atom. The molecule has 1 fully saturated rings. The molecule has 1 aliphatic carbocycles. The van der Waals surface area contributed by atoms with Gasteiger partial charge in [-0.25, -0.2) is 18.7 Å². The molecule has 1 N–H and O–H groups in total. The van der Waals surface area contributed by atoms with Crippen LogP contribution in [-0.4, -0.2) is 34.9 Å². The van der Waals surface area contributed by atoms with Crippen molar-refractivity contribution in [2.75, 3.05) is 7.11 Å². The molecular formula is C21H24BFN4O3. The fraction of sp³-hybridized carbons (Fsp3) is 0.381. The molecule has 4 rings (SSSR count). The number of nitrogens with one attached hydrogen (secondary N) is 1. The number of halogens is 1. The average molecular weight is 410 g/mol. The van der Waals surface area contributed by atoms with Crippen LogP contribution in [-0.2, 0) is 4.65 Å². The summed E-state index contributed by atoms with van der Waals surface area (Å²) in [7, 11) is 2.10. The van der Waals surface area contributed by atoms with Crippen LogP contribution in [0.15, 0.2) is 46.1 Å². The minimum Gasteiger partial charge on any atom is -0.427 e. The highest BCUT2D eigenvalue weighted by Crippen LogP contribution is 2.27. The maximum absolute atomic E-state index is 13.9. The van der Waals surface area contributed by atoms with Crippen molar-refractivity contribution in [1.29, 1.82) is 0 Å². The topological polar surface area (TPSA) is 78.2 Å². The summed E-state index contributed by atoms with van der Waals surface area (Å²) in [6.07, 6.45) is 4.04. The summed E-state index contributed by atoms with van der Waals surface area (Å²) in [5.74, 6) is -0.604. The van der Waals surface area contributed by atoms with Crippen LogP contribution in [0.5, 0.6) is 0 Å². The molecule has 30 heavy (non-hydrogen) atoms. The Bertz CT molecular complexity index is 1190. The highest BCUT2D eigenvalue weighted by atomic mass is 19.1. The zero-order valence-corrected chi connectivity index (χ0v) is 17.1. The van der Waals surface area contributed by atoms with E-state index < -0.39 is 17.1 Å². The molecule has 1 aromatic carbocycles. The monoisotopic (exact) mass is 410 g/mol. The zero-order chi connectivity index (χ0) is 21.3. The molecule has 156 valence electrons. The first-order valence-electron chi connectivity index (χ1n) is 10.1. The quantitative estimate of drug-likeness (QED) is 0.651. The van der Waals surface area contributed by atoms with E-state index in [0.717, 1.165) is 24.6 Å². The van der Waals surface area contributed by atoms with Crippen molar-refractivity contribution >= 4 is 18.7 Å². The summed E-state index contributed by atoms with van der Waals surface area (Å²) in [4.78, 5) is 30.8. The Hall–Kier alpha value is -2.78. The predicted molar refractivity (Wildman–Crippen MR) is 115 cm³/mol. The molecule has 9 heteroatoms. The van der Waals surface area contributed by atoms with Gasteiger partial charge in [0.05, 0.1) is 17.3 Å². The van der Waals surface area contributed by atoms with E-state index in [-0.39, 0.29) is 23.1 Å². The third-order valence-electron chi connectivity index (χ3n) is 5.73. The lowest BCUT2D eigenvalue weighted by Gasteiger charge is -2.30. The number of pyridine rings is 1. The van der Waals surface area contributed by atoms with Crippen molar-refractivity contribution in [3.05, 3.63) is 68.7 Å². The molecule has 0 unspecified atom stereocenters. The summed E-state index contributed by atoms with van der Waals surface area (Å²) in [6, 6.07) is 8.62. The van der Waals surface area contributed by atoms with E-state index in [4.69, 9.17) is 4.65 Å². The Labute approximate surface area is 173 Å². The van der Waals surface area contributed by atoms with Crippen molar-refractivity contribution < 1.29 is 9.04 Å². The van der Waals surface area contributed by atoms with Gasteiger partial charge in [-0.05, 0) is 62.4 Å². The van der Waals surface area contributed by atoms with E-state index in [9.17, 15) is 14.0 Å². The van der Waals surface area contributed by atoms with Crippen LogP contribution in [0.4, 0.5) is 4.39 Å². The first-order valence-corrected chi connectivity index (χ1v) is 10.1. The van der Waals surface area contributed by atoms with Gasteiger partial charge in [-0.1, -0.05) is 12.1 Å². The highest BCUT2D eigenvalue weighted by molar-refractivity contribution is 6.23. The summed E-state index contributed by atoms with van der Waals surface area (Å²) >= 11 is 0. The van der Waals surface area contributed by atoms with Crippen molar-refractivity contribution in [2.45, 2.75) is 44.7 Å². The second-order valence-electron chi connectivity index (χ2n) is 7.80. The fourth-order valence-electron chi connectivity index (χ4n) is 4.24. The van der Waals surface area contributed by atoms with Crippen LogP contribution in [0.2, 0.25) is 0 Å². The predicted octanol–water partition coefficient (Wildman–Crippen LogP) is 1.98. The lowest BCUT2D eigenvalue weighted by molar-refractivity contribution is 0.292. The van der Waals surface area contributed by atoms with E-state index in [2.05, 4.69) is 10.2 Å². The maximum atomic E-state index is 13.9. The second-order valence-corrected chi connectivity index (χ2v) is 7.80. The first-order chi connectivity index (χ1) is 14.5. The molecule has 1 aliphatic rings. The number of rotatable bonds is 5. The van der Waals surface area contributed by atoms with Crippen molar-refractivity contribution in [3.8, 4) is 5.69 Å². The van der Waals surface area contributed by atoms with E-state index in [1.807, 2.05) is 25.1 Å². The van der Waals surface area contributed by atoms with Gasteiger partial charge in [-0.2, -0.15) is 0 Å². The third kappa shape index (κ3) is 3.82. The number of fused-ring (bicyclic) bond motifs is 1. The largest absolute Gasteiger partial charge is 0.427 e. The maximum Gasteiger partial charge on any atom is 0.360 e.